The number of thioether (sulfide) groups is 1. The van der Waals surface area contributed by atoms with Crippen LogP contribution in [-0.2, 0) is 22.3 Å². The number of hydrogen-bond acceptors (Lipinski definition) is 6. The van der Waals surface area contributed by atoms with Gasteiger partial charge in [-0.05, 0) is 36.8 Å². The van der Waals surface area contributed by atoms with E-state index in [-0.39, 0.29) is 52.3 Å². The number of nitrogens with zero attached hydrogens (tertiary/aromatic N) is 4. The molecule has 0 radical (unpaired) electrons. The maximum absolute atomic E-state index is 14.7. The molecule has 3 heterocycles. The lowest BCUT2D eigenvalue weighted by Gasteiger charge is -2.40. The molecule has 0 bridgehead atoms. The van der Waals surface area contributed by atoms with E-state index >= 15 is 0 Å². The largest absolute Gasteiger partial charge is 0.417 e. The first kappa shape index (κ1) is 27.2. The zero-order chi connectivity index (χ0) is 28.1. The number of benzene rings is 2. The predicted octanol–water partition coefficient (Wildman–Crippen LogP) is 4.57. The number of alkyl halides is 3. The van der Waals surface area contributed by atoms with Crippen LogP contribution in [0.25, 0.3) is 22.0 Å². The van der Waals surface area contributed by atoms with Gasteiger partial charge in [-0.2, -0.15) is 18.2 Å². The van der Waals surface area contributed by atoms with Crippen molar-refractivity contribution in [2.75, 3.05) is 37.4 Å². The fraction of sp³-hybridized carbons (Fsp3) is 0.370. The number of carbonyl (C=O) groups excluding carboxylic acids is 1. The fourth-order valence-corrected chi connectivity index (χ4v) is 6.55. The van der Waals surface area contributed by atoms with Crippen LogP contribution in [0.2, 0.25) is 0 Å². The molecule has 206 valence electrons. The Labute approximate surface area is 226 Å². The summed E-state index contributed by atoms with van der Waals surface area (Å²) in [7, 11) is 1.49. The van der Waals surface area contributed by atoms with Gasteiger partial charge in [-0.25, -0.2) is 9.18 Å². The molecule has 39 heavy (non-hydrogen) atoms. The summed E-state index contributed by atoms with van der Waals surface area (Å²) >= 11 is 1.17. The van der Waals surface area contributed by atoms with Crippen LogP contribution in [0, 0.1) is 5.82 Å². The second kappa shape index (κ2) is 10.3. The quantitative estimate of drug-likeness (QED) is 0.343. The summed E-state index contributed by atoms with van der Waals surface area (Å²) in [6, 6.07) is 5.56. The number of halogens is 4. The lowest BCUT2D eigenvalue weighted by atomic mass is 9.96. The summed E-state index contributed by atoms with van der Waals surface area (Å²) in [4.78, 5) is 33.5. The predicted molar refractivity (Wildman–Crippen MR) is 142 cm³/mol. The van der Waals surface area contributed by atoms with E-state index in [1.807, 2.05) is 6.92 Å². The van der Waals surface area contributed by atoms with Gasteiger partial charge in [0.2, 0.25) is 5.91 Å². The minimum Gasteiger partial charge on any atom is -0.379 e. The van der Waals surface area contributed by atoms with Gasteiger partial charge >= 0.3 is 11.9 Å². The zero-order valence-electron chi connectivity index (χ0n) is 21.3. The third-order valence-corrected chi connectivity index (χ3v) is 8.38. The summed E-state index contributed by atoms with van der Waals surface area (Å²) in [5.74, 6) is -0.375. The highest BCUT2D eigenvalue weighted by Crippen LogP contribution is 2.48. The molecule has 2 aliphatic heterocycles. The minimum atomic E-state index is -4.75. The van der Waals surface area contributed by atoms with Crippen molar-refractivity contribution < 1.29 is 27.1 Å². The monoisotopic (exact) mass is 562 g/mol. The van der Waals surface area contributed by atoms with Crippen LogP contribution in [0.15, 0.2) is 52.7 Å². The van der Waals surface area contributed by atoms with Crippen LogP contribution in [0.3, 0.4) is 0 Å². The van der Waals surface area contributed by atoms with E-state index in [9.17, 15) is 27.2 Å². The number of ether oxygens (including phenoxy) is 1. The van der Waals surface area contributed by atoms with Crippen molar-refractivity contribution in [3.8, 4) is 11.1 Å². The Morgan fingerprint density at radius 1 is 1.21 bits per heavy atom. The van der Waals surface area contributed by atoms with E-state index in [1.165, 1.54) is 41.6 Å². The van der Waals surface area contributed by atoms with Gasteiger partial charge in [0, 0.05) is 54.4 Å². The second-order valence-corrected chi connectivity index (χ2v) is 10.6. The molecule has 5 rings (SSSR count). The third kappa shape index (κ3) is 4.91. The Kier molecular flexibility index (Phi) is 7.19. The molecule has 0 spiro atoms. The van der Waals surface area contributed by atoms with Crippen molar-refractivity contribution >= 4 is 34.4 Å². The van der Waals surface area contributed by atoms with E-state index in [2.05, 4.69) is 11.6 Å². The number of rotatable bonds is 4. The van der Waals surface area contributed by atoms with Gasteiger partial charge in [0.05, 0.1) is 23.7 Å². The SMILES string of the molecule is C=CC(=O)N1CCN(c2nc(=O)n3c4c(c(-c5ccc(F)cc5)c(C(F)(F)F)cc24)SC[C@H](OC)C3)[C@@H](C)C1. The van der Waals surface area contributed by atoms with Crippen molar-refractivity contribution in [3.63, 3.8) is 0 Å². The maximum atomic E-state index is 14.7. The molecule has 0 saturated carbocycles. The Hall–Kier alpha value is -3.38. The molecule has 2 atom stereocenters. The molecule has 1 fully saturated rings. The van der Waals surface area contributed by atoms with Crippen LogP contribution in [0.4, 0.5) is 23.4 Å². The van der Waals surface area contributed by atoms with E-state index in [1.54, 1.807) is 9.80 Å². The van der Waals surface area contributed by atoms with Gasteiger partial charge in [0.15, 0.2) is 0 Å². The van der Waals surface area contributed by atoms with E-state index in [0.29, 0.717) is 24.4 Å². The highest BCUT2D eigenvalue weighted by molar-refractivity contribution is 7.99. The van der Waals surface area contributed by atoms with E-state index < -0.39 is 29.4 Å². The van der Waals surface area contributed by atoms with Crippen molar-refractivity contribution in [2.45, 2.75) is 36.7 Å². The summed E-state index contributed by atoms with van der Waals surface area (Å²) in [6.07, 6.45) is -3.98. The van der Waals surface area contributed by atoms with Gasteiger partial charge in [-0.3, -0.25) is 9.36 Å². The van der Waals surface area contributed by atoms with E-state index in [4.69, 9.17) is 4.74 Å². The lowest BCUT2D eigenvalue weighted by molar-refractivity contribution is -0.137. The van der Waals surface area contributed by atoms with Crippen molar-refractivity contribution in [1.82, 2.24) is 14.5 Å². The lowest BCUT2D eigenvalue weighted by Crippen LogP contribution is -2.54. The average molecular weight is 563 g/mol. The number of methoxy groups -OCH3 is 1. The number of anilines is 1. The normalized spacial score (nSPS) is 19.7. The van der Waals surface area contributed by atoms with Gasteiger partial charge in [-0.15, -0.1) is 11.8 Å². The Balaban J connectivity index is 1.81. The molecule has 2 aliphatic rings. The molecule has 1 saturated heterocycles. The molecule has 1 amide bonds. The van der Waals surface area contributed by atoms with Crippen LogP contribution in [-0.4, -0.2) is 65.0 Å². The van der Waals surface area contributed by atoms with E-state index in [0.717, 1.165) is 18.2 Å². The number of piperazine rings is 1. The van der Waals surface area contributed by atoms with Gasteiger partial charge in [-0.1, -0.05) is 18.7 Å². The maximum Gasteiger partial charge on any atom is 0.417 e. The third-order valence-electron chi connectivity index (χ3n) is 7.16. The molecule has 0 aliphatic carbocycles. The highest BCUT2D eigenvalue weighted by Gasteiger charge is 2.39. The molecule has 1 aromatic heterocycles. The molecule has 0 unspecified atom stereocenters. The molecule has 7 nitrogen and oxygen atoms in total. The average Bonchev–Trinajstić information content (AvgIpc) is 3.11. The van der Waals surface area contributed by atoms with Gasteiger partial charge < -0.3 is 14.5 Å². The van der Waals surface area contributed by atoms with Crippen molar-refractivity contribution in [1.29, 1.82) is 0 Å². The number of aromatic nitrogens is 2. The number of hydrogen-bond donors (Lipinski definition) is 0. The Morgan fingerprint density at radius 2 is 1.92 bits per heavy atom. The Bertz CT molecular complexity index is 1510. The summed E-state index contributed by atoms with van der Waals surface area (Å²) in [5.41, 5.74) is -1.10. The van der Waals surface area contributed by atoms with Gasteiger partial charge in [0.25, 0.3) is 0 Å². The second-order valence-electron chi connectivity index (χ2n) is 9.56. The fourth-order valence-electron chi connectivity index (χ4n) is 5.23. The summed E-state index contributed by atoms with van der Waals surface area (Å²) in [5, 5.41) is 0.183. The highest BCUT2D eigenvalue weighted by atomic mass is 32.2. The van der Waals surface area contributed by atoms with Crippen LogP contribution in [0.5, 0.6) is 0 Å². The van der Waals surface area contributed by atoms with Gasteiger partial charge in [0.1, 0.15) is 11.6 Å². The minimum absolute atomic E-state index is 0.114. The molecular weight excluding hydrogens is 536 g/mol. The van der Waals surface area contributed by atoms with Crippen LogP contribution in [0.1, 0.15) is 12.5 Å². The first-order chi connectivity index (χ1) is 18.5. The standard InChI is InChI=1S/C27H26F4N4O3S/c1-4-21(36)33-9-10-34(15(2)12-33)25-19-11-20(27(29,30)31)22(16-5-7-17(28)8-6-16)24-23(19)35(26(37)32-25)13-18(38-3)14-39-24/h4-8,11,15,18H,1,9-10,12-14H2,2-3H3/t15-,18+/m0/s1. The van der Waals surface area contributed by atoms with Crippen LogP contribution >= 0.6 is 11.8 Å². The molecule has 3 aromatic rings. The number of amides is 1. The van der Waals surface area contributed by atoms with Crippen molar-refractivity contribution in [2.24, 2.45) is 0 Å². The summed E-state index contributed by atoms with van der Waals surface area (Å²) in [6.45, 7) is 6.33. The summed E-state index contributed by atoms with van der Waals surface area (Å²) < 4.78 is 64.6. The zero-order valence-corrected chi connectivity index (χ0v) is 22.1. The van der Waals surface area contributed by atoms with Crippen LogP contribution < -0.4 is 10.6 Å². The Morgan fingerprint density at radius 3 is 2.54 bits per heavy atom. The molecule has 2 aromatic carbocycles. The molecule has 0 N–H and O–H groups in total. The first-order valence-electron chi connectivity index (χ1n) is 12.3. The molecule has 12 heteroatoms. The first-order valence-corrected chi connectivity index (χ1v) is 13.3. The smallest absolute Gasteiger partial charge is 0.379 e. The topological polar surface area (TPSA) is 67.7 Å². The number of carbonyl (C=O) groups is 1. The van der Waals surface area contributed by atoms with Crippen molar-refractivity contribution in [3.05, 3.63) is 64.9 Å². The molecular formula is C27H26F4N4O3S.